The maximum atomic E-state index is 4.20. The predicted molar refractivity (Wildman–Crippen MR) is 81.4 cm³/mol. The van der Waals surface area contributed by atoms with Crippen LogP contribution in [0.5, 0.6) is 0 Å². The number of nitrogens with one attached hydrogen (secondary N) is 2. The van der Waals surface area contributed by atoms with Crippen molar-refractivity contribution in [1.82, 2.24) is 15.2 Å². The topological polar surface area (TPSA) is 41.4 Å². The number of guanidine groups is 1. The molecule has 0 bridgehead atoms. The lowest BCUT2D eigenvalue weighted by molar-refractivity contribution is 0.660. The number of aliphatic imine (C=N–C) groups is 1. The van der Waals surface area contributed by atoms with Gasteiger partial charge in [0.25, 0.3) is 0 Å². The molecule has 0 amide bonds. The Morgan fingerprint density at radius 2 is 1.89 bits per heavy atom. The first kappa shape index (κ1) is 15.0. The highest BCUT2D eigenvalue weighted by Crippen LogP contribution is 1.97. The fraction of sp³-hybridized carbons (Fsp3) is 0.615. The summed E-state index contributed by atoms with van der Waals surface area (Å²) >= 11 is 1.90. The van der Waals surface area contributed by atoms with Crippen molar-refractivity contribution in [3.63, 3.8) is 0 Å². The van der Waals surface area contributed by atoms with Gasteiger partial charge in [0.2, 0.25) is 0 Å². The lowest BCUT2D eigenvalue weighted by Gasteiger charge is -2.12. The Balaban J connectivity index is 2.06. The van der Waals surface area contributed by atoms with Crippen LogP contribution in [0, 0.1) is 0 Å². The average molecular weight is 268 g/mol. The molecule has 4 nitrogen and oxygen atoms in total. The molecule has 0 aromatic carbocycles. The molecule has 2 N–H and O–H groups in total. The van der Waals surface area contributed by atoms with Crippen molar-refractivity contribution in [3.8, 4) is 0 Å². The summed E-state index contributed by atoms with van der Waals surface area (Å²) in [6.07, 6.45) is 8.74. The average Bonchev–Trinajstić information content (AvgIpc) is 2.89. The van der Waals surface area contributed by atoms with E-state index >= 15 is 0 Å². The molecule has 0 saturated heterocycles. The molecule has 0 spiro atoms. The monoisotopic (exact) mass is 268 g/mol. The number of rotatable bonds is 8. The summed E-state index contributed by atoms with van der Waals surface area (Å²) in [6.45, 7) is 2.84. The number of nitrogens with zero attached hydrogens (tertiary/aromatic N) is 2. The standard InChI is InChI=1S/C13H24N4S/c1-14-13(15-7-3-6-12-18-2)16-8-11-17-9-4-5-10-17/h4-5,9-10H,3,6-8,11-12H2,1-2H3,(H2,14,15,16). The molecule has 18 heavy (non-hydrogen) atoms. The van der Waals surface area contributed by atoms with Crippen LogP contribution in [0.3, 0.4) is 0 Å². The summed E-state index contributed by atoms with van der Waals surface area (Å²) in [7, 11) is 1.81. The molecule has 102 valence electrons. The molecule has 1 aromatic heterocycles. The minimum Gasteiger partial charge on any atom is -0.356 e. The molecular weight excluding hydrogens is 244 g/mol. The van der Waals surface area contributed by atoms with Crippen molar-refractivity contribution in [3.05, 3.63) is 24.5 Å². The van der Waals surface area contributed by atoms with Crippen molar-refractivity contribution in [2.24, 2.45) is 4.99 Å². The van der Waals surface area contributed by atoms with Crippen molar-refractivity contribution in [1.29, 1.82) is 0 Å². The van der Waals surface area contributed by atoms with Gasteiger partial charge in [0.15, 0.2) is 5.96 Å². The van der Waals surface area contributed by atoms with Gasteiger partial charge in [-0.05, 0) is 37.0 Å². The van der Waals surface area contributed by atoms with Crippen LogP contribution in [0.15, 0.2) is 29.5 Å². The Kier molecular flexibility index (Phi) is 8.21. The number of hydrogen-bond donors (Lipinski definition) is 2. The molecular formula is C13H24N4S. The van der Waals surface area contributed by atoms with Gasteiger partial charge in [0.1, 0.15) is 0 Å². The van der Waals surface area contributed by atoms with E-state index in [0.717, 1.165) is 25.6 Å². The number of aromatic nitrogens is 1. The van der Waals surface area contributed by atoms with Crippen molar-refractivity contribution >= 4 is 17.7 Å². The normalized spacial score (nSPS) is 11.6. The Morgan fingerprint density at radius 1 is 1.17 bits per heavy atom. The van der Waals surface area contributed by atoms with Crippen molar-refractivity contribution < 1.29 is 0 Å². The minimum absolute atomic E-state index is 0.888. The van der Waals surface area contributed by atoms with E-state index in [1.165, 1.54) is 18.6 Å². The van der Waals surface area contributed by atoms with E-state index in [1.807, 2.05) is 30.9 Å². The molecule has 1 aromatic rings. The Hall–Kier alpha value is -1.10. The molecule has 1 rings (SSSR count). The second-order valence-electron chi connectivity index (χ2n) is 4.05. The van der Waals surface area contributed by atoms with Crippen LogP contribution in [0.1, 0.15) is 12.8 Å². The third-order valence-corrected chi connectivity index (χ3v) is 3.32. The second kappa shape index (κ2) is 9.88. The second-order valence-corrected chi connectivity index (χ2v) is 5.03. The van der Waals surface area contributed by atoms with Gasteiger partial charge in [-0.25, -0.2) is 0 Å². The summed E-state index contributed by atoms with van der Waals surface area (Å²) in [6, 6.07) is 4.08. The first-order chi connectivity index (χ1) is 8.86. The first-order valence-electron chi connectivity index (χ1n) is 6.41. The lowest BCUT2D eigenvalue weighted by atomic mass is 10.3. The number of unbranched alkanes of at least 4 members (excludes halogenated alkanes) is 1. The zero-order valence-corrected chi connectivity index (χ0v) is 12.2. The van der Waals surface area contributed by atoms with Gasteiger partial charge in [0.05, 0.1) is 0 Å². The third-order valence-electron chi connectivity index (χ3n) is 2.62. The van der Waals surface area contributed by atoms with Crippen LogP contribution in [0.2, 0.25) is 0 Å². The summed E-state index contributed by atoms with van der Waals surface area (Å²) in [5.74, 6) is 2.13. The molecule has 0 atom stereocenters. The van der Waals surface area contributed by atoms with Gasteiger partial charge in [0, 0.05) is 39.1 Å². The van der Waals surface area contributed by atoms with Crippen LogP contribution in [0.4, 0.5) is 0 Å². The maximum Gasteiger partial charge on any atom is 0.191 e. The van der Waals surface area contributed by atoms with Gasteiger partial charge >= 0.3 is 0 Å². The maximum absolute atomic E-state index is 4.20. The fourth-order valence-corrected chi connectivity index (χ4v) is 2.11. The van der Waals surface area contributed by atoms with Gasteiger partial charge in [-0.3, -0.25) is 4.99 Å². The van der Waals surface area contributed by atoms with E-state index < -0.39 is 0 Å². The minimum atomic E-state index is 0.888. The molecule has 0 unspecified atom stereocenters. The molecule has 0 saturated carbocycles. The zero-order chi connectivity index (χ0) is 13.1. The zero-order valence-electron chi connectivity index (χ0n) is 11.4. The number of thioether (sulfide) groups is 1. The lowest BCUT2D eigenvalue weighted by Crippen LogP contribution is -2.39. The molecule has 1 heterocycles. The number of hydrogen-bond acceptors (Lipinski definition) is 2. The predicted octanol–water partition coefficient (Wildman–Crippen LogP) is 1.80. The van der Waals surface area contributed by atoms with Gasteiger partial charge in [-0.15, -0.1) is 0 Å². The van der Waals surface area contributed by atoms with Crippen LogP contribution in [-0.2, 0) is 6.54 Å². The molecule has 0 fully saturated rings. The van der Waals surface area contributed by atoms with E-state index in [1.54, 1.807) is 0 Å². The Bertz CT molecular complexity index is 322. The molecule has 0 aliphatic carbocycles. The van der Waals surface area contributed by atoms with E-state index in [0.29, 0.717) is 0 Å². The quantitative estimate of drug-likeness (QED) is 0.429. The SMILES string of the molecule is CN=C(NCCCCSC)NCCn1cccc1. The first-order valence-corrected chi connectivity index (χ1v) is 7.80. The highest BCUT2D eigenvalue weighted by molar-refractivity contribution is 7.98. The van der Waals surface area contributed by atoms with Gasteiger partial charge in [-0.2, -0.15) is 11.8 Å². The van der Waals surface area contributed by atoms with E-state index in [2.05, 4.69) is 38.8 Å². The Labute approximate surface area is 114 Å². The van der Waals surface area contributed by atoms with E-state index in [-0.39, 0.29) is 0 Å². The van der Waals surface area contributed by atoms with Gasteiger partial charge in [-0.1, -0.05) is 0 Å². The summed E-state index contributed by atoms with van der Waals surface area (Å²) in [4.78, 5) is 4.20. The molecule has 5 heteroatoms. The highest BCUT2D eigenvalue weighted by Gasteiger charge is 1.96. The van der Waals surface area contributed by atoms with Crippen LogP contribution < -0.4 is 10.6 Å². The smallest absolute Gasteiger partial charge is 0.191 e. The molecule has 0 aliphatic rings. The fourth-order valence-electron chi connectivity index (χ4n) is 1.62. The summed E-state index contributed by atoms with van der Waals surface area (Å²) in [5, 5.41) is 6.64. The Morgan fingerprint density at radius 3 is 2.56 bits per heavy atom. The van der Waals surface area contributed by atoms with Crippen molar-refractivity contribution in [2.75, 3.05) is 32.1 Å². The van der Waals surface area contributed by atoms with Gasteiger partial charge < -0.3 is 15.2 Å². The van der Waals surface area contributed by atoms with Crippen LogP contribution in [-0.4, -0.2) is 42.7 Å². The van der Waals surface area contributed by atoms with Crippen LogP contribution >= 0.6 is 11.8 Å². The third kappa shape index (κ3) is 6.59. The van der Waals surface area contributed by atoms with E-state index in [4.69, 9.17) is 0 Å². The molecule has 0 radical (unpaired) electrons. The summed E-state index contributed by atoms with van der Waals surface area (Å²) in [5.41, 5.74) is 0. The van der Waals surface area contributed by atoms with Crippen molar-refractivity contribution in [2.45, 2.75) is 19.4 Å². The molecule has 0 aliphatic heterocycles. The van der Waals surface area contributed by atoms with Crippen LogP contribution in [0.25, 0.3) is 0 Å². The largest absolute Gasteiger partial charge is 0.356 e. The highest BCUT2D eigenvalue weighted by atomic mass is 32.2. The summed E-state index contributed by atoms with van der Waals surface area (Å²) < 4.78 is 2.15. The van der Waals surface area contributed by atoms with E-state index in [9.17, 15) is 0 Å².